The molecular weight excluding hydrogens is 284 g/mol. The first kappa shape index (κ1) is 14.1. The number of methoxy groups -OCH3 is 1. The molecule has 0 radical (unpaired) electrons. The van der Waals surface area contributed by atoms with Gasteiger partial charge in [0.05, 0.1) is 13.2 Å². The van der Waals surface area contributed by atoms with E-state index in [1.165, 1.54) is 0 Å². The van der Waals surface area contributed by atoms with Gasteiger partial charge in [-0.2, -0.15) is 0 Å². The fourth-order valence-electron chi connectivity index (χ4n) is 2.49. The number of benzene rings is 1. The summed E-state index contributed by atoms with van der Waals surface area (Å²) in [6.45, 7) is 1.20. The Hall–Kier alpha value is -0.850. The monoisotopic (exact) mass is 300 g/mol. The fourth-order valence-corrected chi connectivity index (χ4v) is 2.62. The van der Waals surface area contributed by atoms with Gasteiger partial charge in [-0.15, -0.1) is 0 Å². The Morgan fingerprint density at radius 3 is 2.45 bits per heavy atom. The molecule has 0 saturated carbocycles. The molecule has 2 aliphatic heterocycles. The van der Waals surface area contributed by atoms with Gasteiger partial charge in [0.2, 0.25) is 0 Å². The Labute approximate surface area is 122 Å². The molecule has 0 N–H and O–H groups in total. The predicted molar refractivity (Wildman–Crippen MR) is 72.1 cm³/mol. The zero-order valence-electron chi connectivity index (χ0n) is 11.2. The second-order valence-electron chi connectivity index (χ2n) is 4.79. The third kappa shape index (κ3) is 2.92. The molecule has 2 heterocycles. The average Bonchev–Trinajstić information content (AvgIpc) is 3.03. The van der Waals surface area contributed by atoms with Crippen LogP contribution in [0.5, 0.6) is 5.75 Å². The molecule has 2 aliphatic rings. The minimum atomic E-state index is -0.118. The van der Waals surface area contributed by atoms with Crippen LogP contribution in [0.3, 0.4) is 0 Å². The van der Waals surface area contributed by atoms with Crippen molar-refractivity contribution in [2.24, 2.45) is 0 Å². The Balaban J connectivity index is 1.46. The Morgan fingerprint density at radius 2 is 1.75 bits per heavy atom. The lowest BCUT2D eigenvalue weighted by atomic mass is 10.1. The summed E-state index contributed by atoms with van der Waals surface area (Å²) < 4.78 is 27.8. The SMILES string of the molecule is COC1COC2C(OCOc3ccc(Cl)cc3)COC12. The van der Waals surface area contributed by atoms with E-state index in [4.69, 9.17) is 35.3 Å². The highest BCUT2D eigenvalue weighted by Gasteiger charge is 2.48. The second kappa shape index (κ2) is 6.28. The van der Waals surface area contributed by atoms with Gasteiger partial charge in [0.25, 0.3) is 0 Å². The van der Waals surface area contributed by atoms with Gasteiger partial charge < -0.3 is 23.7 Å². The van der Waals surface area contributed by atoms with Gasteiger partial charge >= 0.3 is 0 Å². The molecule has 4 unspecified atom stereocenters. The second-order valence-corrected chi connectivity index (χ2v) is 5.23. The van der Waals surface area contributed by atoms with Crippen LogP contribution in [0.2, 0.25) is 5.02 Å². The maximum Gasteiger partial charge on any atom is 0.189 e. The summed E-state index contributed by atoms with van der Waals surface area (Å²) >= 11 is 5.81. The predicted octanol–water partition coefficient (Wildman–Crippen LogP) is 1.87. The minimum absolute atomic E-state index is 0.00853. The average molecular weight is 301 g/mol. The molecule has 6 heteroatoms. The highest BCUT2D eigenvalue weighted by atomic mass is 35.5. The molecule has 0 aromatic heterocycles. The summed E-state index contributed by atoms with van der Waals surface area (Å²) in [5, 5.41) is 0.676. The normalized spacial score (nSPS) is 32.3. The lowest BCUT2D eigenvalue weighted by Crippen LogP contribution is -2.34. The van der Waals surface area contributed by atoms with Crippen LogP contribution in [0.4, 0.5) is 0 Å². The van der Waals surface area contributed by atoms with Gasteiger partial charge in [-0.1, -0.05) is 11.6 Å². The van der Waals surface area contributed by atoms with E-state index in [0.717, 1.165) is 0 Å². The van der Waals surface area contributed by atoms with Crippen molar-refractivity contribution in [2.75, 3.05) is 27.1 Å². The van der Waals surface area contributed by atoms with Crippen molar-refractivity contribution in [1.82, 2.24) is 0 Å². The topological polar surface area (TPSA) is 46.2 Å². The van der Waals surface area contributed by atoms with E-state index in [2.05, 4.69) is 0 Å². The van der Waals surface area contributed by atoms with E-state index >= 15 is 0 Å². The maximum atomic E-state index is 5.81. The van der Waals surface area contributed by atoms with Crippen molar-refractivity contribution >= 4 is 11.6 Å². The number of ether oxygens (including phenoxy) is 5. The van der Waals surface area contributed by atoms with E-state index in [1.807, 2.05) is 0 Å². The van der Waals surface area contributed by atoms with Crippen molar-refractivity contribution in [3.05, 3.63) is 29.3 Å². The van der Waals surface area contributed by atoms with Crippen molar-refractivity contribution in [3.8, 4) is 5.75 Å². The standard InChI is InChI=1S/C14H17ClO5/c1-16-11-6-17-14-12(7-18-13(11)14)20-8-19-10-4-2-9(15)3-5-10/h2-5,11-14H,6-8H2,1H3. The molecule has 110 valence electrons. The number of hydrogen-bond acceptors (Lipinski definition) is 5. The van der Waals surface area contributed by atoms with Crippen molar-refractivity contribution < 1.29 is 23.7 Å². The molecule has 0 spiro atoms. The molecule has 1 aromatic carbocycles. The van der Waals surface area contributed by atoms with Gasteiger partial charge in [-0.3, -0.25) is 0 Å². The Morgan fingerprint density at radius 1 is 1.10 bits per heavy atom. The number of rotatable bonds is 5. The van der Waals surface area contributed by atoms with Crippen LogP contribution in [0.25, 0.3) is 0 Å². The first-order valence-corrected chi connectivity index (χ1v) is 6.91. The Bertz CT molecular complexity index is 438. The van der Waals surface area contributed by atoms with Crippen molar-refractivity contribution in [3.63, 3.8) is 0 Å². The van der Waals surface area contributed by atoms with Gasteiger partial charge in [0.1, 0.15) is 30.2 Å². The van der Waals surface area contributed by atoms with Crippen LogP contribution < -0.4 is 4.74 Å². The van der Waals surface area contributed by atoms with Crippen LogP contribution in [0, 0.1) is 0 Å². The quantitative estimate of drug-likeness (QED) is 0.777. The van der Waals surface area contributed by atoms with Crippen LogP contribution in [-0.2, 0) is 18.9 Å². The van der Waals surface area contributed by atoms with Crippen LogP contribution in [0.1, 0.15) is 0 Å². The molecule has 5 nitrogen and oxygen atoms in total. The van der Waals surface area contributed by atoms with E-state index in [0.29, 0.717) is 24.0 Å². The zero-order chi connectivity index (χ0) is 13.9. The van der Waals surface area contributed by atoms with E-state index < -0.39 is 0 Å². The molecule has 4 atom stereocenters. The third-order valence-electron chi connectivity index (χ3n) is 3.59. The zero-order valence-corrected chi connectivity index (χ0v) is 11.9. The van der Waals surface area contributed by atoms with Crippen LogP contribution in [0.15, 0.2) is 24.3 Å². The van der Waals surface area contributed by atoms with Crippen molar-refractivity contribution in [2.45, 2.75) is 24.4 Å². The highest BCUT2D eigenvalue weighted by Crippen LogP contribution is 2.30. The molecule has 3 rings (SSSR count). The minimum Gasteiger partial charge on any atom is -0.468 e. The van der Waals surface area contributed by atoms with Crippen LogP contribution >= 0.6 is 11.6 Å². The Kier molecular flexibility index (Phi) is 4.43. The summed E-state index contributed by atoms with van der Waals surface area (Å²) in [5.41, 5.74) is 0. The molecule has 0 amide bonds. The lowest BCUT2D eigenvalue weighted by Gasteiger charge is -2.17. The van der Waals surface area contributed by atoms with E-state index in [9.17, 15) is 0 Å². The highest BCUT2D eigenvalue weighted by molar-refractivity contribution is 6.30. The van der Waals surface area contributed by atoms with Gasteiger partial charge in [-0.05, 0) is 24.3 Å². The number of halogens is 1. The van der Waals surface area contributed by atoms with Gasteiger partial charge in [-0.25, -0.2) is 0 Å². The fraction of sp³-hybridized carbons (Fsp3) is 0.571. The molecule has 2 saturated heterocycles. The number of fused-ring (bicyclic) bond motifs is 1. The first-order chi connectivity index (χ1) is 9.78. The molecule has 1 aromatic rings. The smallest absolute Gasteiger partial charge is 0.189 e. The first-order valence-electron chi connectivity index (χ1n) is 6.54. The summed E-state index contributed by atoms with van der Waals surface area (Å²) in [6, 6.07) is 7.14. The summed E-state index contributed by atoms with van der Waals surface area (Å²) in [6.07, 6.45) is -0.243. The van der Waals surface area contributed by atoms with Crippen LogP contribution in [-0.4, -0.2) is 51.5 Å². The summed E-state index contributed by atoms with van der Waals surface area (Å²) in [5.74, 6) is 0.715. The molecular formula is C14H17ClO5. The molecule has 0 aliphatic carbocycles. The van der Waals surface area contributed by atoms with Crippen molar-refractivity contribution in [1.29, 1.82) is 0 Å². The largest absolute Gasteiger partial charge is 0.468 e. The molecule has 20 heavy (non-hydrogen) atoms. The summed E-state index contributed by atoms with van der Waals surface area (Å²) in [4.78, 5) is 0. The number of hydrogen-bond donors (Lipinski definition) is 0. The van der Waals surface area contributed by atoms with Gasteiger partial charge in [0.15, 0.2) is 6.79 Å². The van der Waals surface area contributed by atoms with Gasteiger partial charge in [0, 0.05) is 12.1 Å². The van der Waals surface area contributed by atoms with E-state index in [-0.39, 0.29) is 31.2 Å². The molecule has 2 fully saturated rings. The maximum absolute atomic E-state index is 5.81. The lowest BCUT2D eigenvalue weighted by molar-refractivity contribution is -0.0844. The third-order valence-corrected chi connectivity index (χ3v) is 3.84. The van der Waals surface area contributed by atoms with E-state index in [1.54, 1.807) is 31.4 Å². The summed E-state index contributed by atoms with van der Waals surface area (Å²) in [7, 11) is 1.66. The molecule has 0 bridgehead atoms.